The van der Waals surface area contributed by atoms with E-state index in [4.69, 9.17) is 0 Å². The average molecular weight is 288 g/mol. The Morgan fingerprint density at radius 3 is 2.48 bits per heavy atom. The van der Waals surface area contributed by atoms with E-state index in [-0.39, 0.29) is 6.10 Å². The number of hydrogen-bond donors (Lipinski definition) is 1. The molecule has 2 atom stereocenters. The molecule has 0 heterocycles. The first-order chi connectivity index (χ1) is 9.90. The fourth-order valence-corrected chi connectivity index (χ4v) is 2.56. The van der Waals surface area contributed by atoms with Gasteiger partial charge in [0.15, 0.2) is 0 Å². The van der Waals surface area contributed by atoms with Gasteiger partial charge in [0.1, 0.15) is 0 Å². The summed E-state index contributed by atoms with van der Waals surface area (Å²) in [6.45, 7) is 11.0. The molecule has 0 unspecified atom stereocenters. The van der Waals surface area contributed by atoms with Crippen molar-refractivity contribution in [2.45, 2.75) is 66.4 Å². The maximum absolute atomic E-state index is 10.2. The van der Waals surface area contributed by atoms with Crippen LogP contribution >= 0.6 is 0 Å². The third kappa shape index (κ3) is 6.95. The highest BCUT2D eigenvalue weighted by molar-refractivity contribution is 5.19. The first-order valence-corrected chi connectivity index (χ1v) is 8.25. The van der Waals surface area contributed by atoms with Gasteiger partial charge in [-0.05, 0) is 63.9 Å². The molecule has 1 N–H and O–H groups in total. The monoisotopic (exact) mass is 288 g/mol. The summed E-state index contributed by atoms with van der Waals surface area (Å²) in [5.41, 5.74) is 3.78. The van der Waals surface area contributed by atoms with Gasteiger partial charge in [0, 0.05) is 0 Å². The van der Waals surface area contributed by atoms with Gasteiger partial charge in [0.2, 0.25) is 0 Å². The SMILES string of the molecule is CC1=C/C[C@H](O)/C(C)=C/C/C=C(\C)CC[C@@H](C(C)C)\C=C\1. The molecule has 0 aromatic carbocycles. The number of hydrogen-bond acceptors (Lipinski definition) is 1. The van der Waals surface area contributed by atoms with E-state index in [1.54, 1.807) is 0 Å². The first-order valence-electron chi connectivity index (χ1n) is 8.25. The molecule has 0 saturated heterocycles. The van der Waals surface area contributed by atoms with Crippen LogP contribution in [0.1, 0.15) is 60.3 Å². The van der Waals surface area contributed by atoms with Crippen LogP contribution in [0, 0.1) is 11.8 Å². The van der Waals surface area contributed by atoms with Crippen LogP contribution in [0.5, 0.6) is 0 Å². The summed E-state index contributed by atoms with van der Waals surface area (Å²) >= 11 is 0. The van der Waals surface area contributed by atoms with Crippen LogP contribution in [-0.4, -0.2) is 11.2 Å². The quantitative estimate of drug-likeness (QED) is 0.624. The van der Waals surface area contributed by atoms with Crippen LogP contribution in [0.3, 0.4) is 0 Å². The van der Waals surface area contributed by atoms with Crippen molar-refractivity contribution in [2.75, 3.05) is 0 Å². The number of aliphatic hydroxyl groups excluding tert-OH is 1. The number of rotatable bonds is 1. The average Bonchev–Trinajstić information content (AvgIpc) is 2.43. The van der Waals surface area contributed by atoms with Crippen molar-refractivity contribution < 1.29 is 5.11 Å². The van der Waals surface area contributed by atoms with Crippen LogP contribution < -0.4 is 0 Å². The summed E-state index contributed by atoms with van der Waals surface area (Å²) < 4.78 is 0. The Bertz CT molecular complexity index is 435. The van der Waals surface area contributed by atoms with E-state index in [2.05, 4.69) is 58.1 Å². The maximum atomic E-state index is 10.2. The first kappa shape index (κ1) is 18.0. The van der Waals surface area contributed by atoms with E-state index in [0.717, 1.165) is 18.4 Å². The molecule has 1 nitrogen and oxygen atoms in total. The Morgan fingerprint density at radius 2 is 1.81 bits per heavy atom. The molecule has 0 amide bonds. The van der Waals surface area contributed by atoms with Crippen molar-refractivity contribution in [3.05, 3.63) is 47.1 Å². The fraction of sp³-hybridized carbons (Fsp3) is 0.600. The Hall–Kier alpha value is -1.08. The normalized spacial score (nSPS) is 34.9. The van der Waals surface area contributed by atoms with Gasteiger partial charge in [0.05, 0.1) is 6.10 Å². The van der Waals surface area contributed by atoms with Crippen LogP contribution in [0.15, 0.2) is 47.1 Å². The zero-order valence-electron chi connectivity index (χ0n) is 14.4. The zero-order chi connectivity index (χ0) is 15.8. The van der Waals surface area contributed by atoms with E-state index >= 15 is 0 Å². The highest BCUT2D eigenvalue weighted by Gasteiger charge is 2.10. The summed E-state index contributed by atoms with van der Waals surface area (Å²) in [7, 11) is 0. The number of aliphatic hydroxyl groups is 1. The van der Waals surface area contributed by atoms with Crippen molar-refractivity contribution in [1.29, 1.82) is 0 Å². The molecule has 0 saturated carbocycles. The lowest BCUT2D eigenvalue weighted by atomic mass is 9.88. The molecule has 118 valence electrons. The Kier molecular flexibility index (Phi) is 7.74. The summed E-state index contributed by atoms with van der Waals surface area (Å²) in [5, 5.41) is 10.2. The molecule has 0 radical (unpaired) electrons. The minimum Gasteiger partial charge on any atom is -0.388 e. The molecular weight excluding hydrogens is 256 g/mol. The number of allylic oxidation sites excluding steroid dienone is 6. The van der Waals surface area contributed by atoms with Crippen molar-refractivity contribution in [2.24, 2.45) is 11.8 Å². The Morgan fingerprint density at radius 1 is 1.10 bits per heavy atom. The van der Waals surface area contributed by atoms with Gasteiger partial charge in [0.25, 0.3) is 0 Å². The standard InChI is InChI=1S/C20H32O/c1-15(2)19-12-9-16(3)7-6-8-18(5)20(21)14-11-17(4)10-13-19/h7-8,10-11,13,15,19-21H,6,9,12,14H2,1-5H3/b13-10+,16-7+,17-11-,18-8+/t19-,20+/m1/s1. The summed E-state index contributed by atoms with van der Waals surface area (Å²) in [6, 6.07) is 0. The fourth-order valence-electron chi connectivity index (χ4n) is 2.56. The topological polar surface area (TPSA) is 20.2 Å². The molecule has 0 aromatic rings. The lowest BCUT2D eigenvalue weighted by Crippen LogP contribution is -2.07. The predicted molar refractivity (Wildman–Crippen MR) is 93.2 cm³/mol. The zero-order valence-corrected chi connectivity index (χ0v) is 14.4. The predicted octanol–water partition coefficient (Wildman–Crippen LogP) is 5.59. The van der Waals surface area contributed by atoms with Crippen molar-refractivity contribution >= 4 is 0 Å². The summed E-state index contributed by atoms with van der Waals surface area (Å²) in [6.07, 6.45) is 14.8. The van der Waals surface area contributed by atoms with Gasteiger partial charge < -0.3 is 5.11 Å². The Balaban J connectivity index is 2.93. The van der Waals surface area contributed by atoms with Crippen LogP contribution in [-0.2, 0) is 0 Å². The molecule has 0 spiro atoms. The van der Waals surface area contributed by atoms with E-state index in [1.807, 2.05) is 6.92 Å². The lowest BCUT2D eigenvalue weighted by Gasteiger charge is -2.17. The lowest BCUT2D eigenvalue weighted by molar-refractivity contribution is 0.214. The molecular formula is C20H32O. The van der Waals surface area contributed by atoms with Gasteiger partial charge in [-0.15, -0.1) is 0 Å². The maximum Gasteiger partial charge on any atom is 0.0782 e. The van der Waals surface area contributed by atoms with Crippen molar-refractivity contribution in [3.63, 3.8) is 0 Å². The highest BCUT2D eigenvalue weighted by atomic mass is 16.3. The molecule has 0 aromatic heterocycles. The summed E-state index contributed by atoms with van der Waals surface area (Å²) in [4.78, 5) is 0. The third-order valence-corrected chi connectivity index (χ3v) is 4.43. The van der Waals surface area contributed by atoms with Gasteiger partial charge in [-0.1, -0.05) is 55.4 Å². The van der Waals surface area contributed by atoms with E-state index in [9.17, 15) is 5.11 Å². The van der Waals surface area contributed by atoms with Crippen LogP contribution in [0.2, 0.25) is 0 Å². The van der Waals surface area contributed by atoms with E-state index < -0.39 is 0 Å². The highest BCUT2D eigenvalue weighted by Crippen LogP contribution is 2.23. The second kappa shape index (κ2) is 9.04. The minimum atomic E-state index is -0.356. The van der Waals surface area contributed by atoms with Gasteiger partial charge in [-0.25, -0.2) is 0 Å². The van der Waals surface area contributed by atoms with Gasteiger partial charge >= 0.3 is 0 Å². The smallest absolute Gasteiger partial charge is 0.0782 e. The molecule has 1 rings (SSSR count). The molecule has 0 bridgehead atoms. The largest absolute Gasteiger partial charge is 0.388 e. The Labute approximate surface area is 131 Å². The molecule has 1 heteroatoms. The molecule has 1 aliphatic carbocycles. The second-order valence-corrected chi connectivity index (χ2v) is 6.74. The van der Waals surface area contributed by atoms with E-state index in [0.29, 0.717) is 18.3 Å². The second-order valence-electron chi connectivity index (χ2n) is 6.74. The third-order valence-electron chi connectivity index (χ3n) is 4.43. The van der Waals surface area contributed by atoms with Gasteiger partial charge in [-0.2, -0.15) is 0 Å². The van der Waals surface area contributed by atoms with Crippen LogP contribution in [0.4, 0.5) is 0 Å². The molecule has 1 aliphatic rings. The van der Waals surface area contributed by atoms with Crippen molar-refractivity contribution in [1.82, 2.24) is 0 Å². The minimum absolute atomic E-state index is 0.356. The van der Waals surface area contributed by atoms with Crippen molar-refractivity contribution in [3.8, 4) is 0 Å². The summed E-state index contributed by atoms with van der Waals surface area (Å²) in [5.74, 6) is 1.30. The molecule has 0 fully saturated rings. The van der Waals surface area contributed by atoms with Gasteiger partial charge in [-0.3, -0.25) is 0 Å². The molecule has 0 aliphatic heterocycles. The molecule has 21 heavy (non-hydrogen) atoms. The van der Waals surface area contributed by atoms with Crippen LogP contribution in [0.25, 0.3) is 0 Å². The van der Waals surface area contributed by atoms with E-state index in [1.165, 1.54) is 17.6 Å².